The van der Waals surface area contributed by atoms with E-state index in [0.29, 0.717) is 0 Å². The van der Waals surface area contributed by atoms with Gasteiger partial charge in [0.2, 0.25) is 0 Å². The average molecular weight is 185 g/mol. The van der Waals surface area contributed by atoms with Gasteiger partial charge in [-0.25, -0.2) is 0 Å². The van der Waals surface area contributed by atoms with E-state index in [1.165, 1.54) is 0 Å². The summed E-state index contributed by atoms with van der Waals surface area (Å²) in [6, 6.07) is 0. The van der Waals surface area contributed by atoms with Crippen LogP contribution in [0.25, 0.3) is 0 Å². The van der Waals surface area contributed by atoms with Crippen LogP contribution in [-0.2, 0) is 19.2 Å². The summed E-state index contributed by atoms with van der Waals surface area (Å²) >= 11 is 0. The van der Waals surface area contributed by atoms with Gasteiger partial charge in [0.15, 0.2) is 11.6 Å². The Morgan fingerprint density at radius 3 is 0.846 bits per heavy atom. The summed E-state index contributed by atoms with van der Waals surface area (Å²) in [5.74, 6) is -5.13. The second-order valence-electron chi connectivity index (χ2n) is 1.69. The van der Waals surface area contributed by atoms with Crippen molar-refractivity contribution in [1.82, 2.24) is 0 Å². The number of Topliss-reactive ketones (excluding diaryl/α,β-unsaturated/α-hetero) is 2. The standard InChI is InChI=1S/2C3H4O3.B/c2*1-2(4)3(5)6;/h2*1H3,(H,5,6);/q;;+2/p-2. The third kappa shape index (κ3) is 17.9. The minimum atomic E-state index is -1.63. The second kappa shape index (κ2) is 8.44. The van der Waals surface area contributed by atoms with Gasteiger partial charge in [-0.2, -0.15) is 0 Å². The van der Waals surface area contributed by atoms with Gasteiger partial charge >= 0.3 is 8.41 Å². The smallest absolute Gasteiger partial charge is 0.542 e. The number of carbonyl (C=O) groups is 4. The molecule has 0 atom stereocenters. The molecular formula is C6H6BO6. The van der Waals surface area contributed by atoms with Crippen LogP contribution in [0.3, 0.4) is 0 Å². The van der Waals surface area contributed by atoms with Gasteiger partial charge in [0, 0.05) is 13.8 Å². The zero-order valence-electron chi connectivity index (χ0n) is 7.03. The fourth-order valence-corrected chi connectivity index (χ4v) is 0. The number of carbonyl (C=O) groups excluding carboxylic acids is 4. The summed E-state index contributed by atoms with van der Waals surface area (Å²) in [5.41, 5.74) is 0. The number of carboxylic acid groups (broad SMARTS) is 2. The molecule has 0 aromatic heterocycles. The summed E-state index contributed by atoms with van der Waals surface area (Å²) in [4.78, 5) is 37.4. The minimum absolute atomic E-state index is 0. The molecule has 0 amide bonds. The van der Waals surface area contributed by atoms with Crippen LogP contribution in [0.5, 0.6) is 0 Å². The van der Waals surface area contributed by atoms with Gasteiger partial charge in [-0.05, 0) is 0 Å². The van der Waals surface area contributed by atoms with Gasteiger partial charge in [0.25, 0.3) is 0 Å². The fraction of sp³-hybridized carbons (Fsp3) is 0.333. The molecule has 0 aromatic carbocycles. The normalized spacial score (nSPS) is 6.92. The molecule has 0 unspecified atom stereocenters. The Kier molecular flexibility index (Phi) is 11.3. The number of hydrogen-bond acceptors (Lipinski definition) is 6. The van der Waals surface area contributed by atoms with Crippen molar-refractivity contribution in [1.29, 1.82) is 0 Å². The molecule has 0 fully saturated rings. The van der Waals surface area contributed by atoms with Gasteiger partial charge in [-0.15, -0.1) is 0 Å². The molecule has 0 heterocycles. The van der Waals surface area contributed by atoms with E-state index >= 15 is 0 Å². The number of rotatable bonds is 2. The Bertz CT molecular complexity index is 173. The van der Waals surface area contributed by atoms with Crippen LogP contribution in [0.1, 0.15) is 13.8 Å². The Morgan fingerprint density at radius 1 is 0.769 bits per heavy atom. The first-order valence-corrected chi connectivity index (χ1v) is 2.72. The van der Waals surface area contributed by atoms with Gasteiger partial charge in [0.05, 0.1) is 0 Å². The van der Waals surface area contributed by atoms with Crippen molar-refractivity contribution in [3.63, 3.8) is 0 Å². The molecule has 0 aliphatic heterocycles. The first-order chi connectivity index (χ1) is 5.29. The van der Waals surface area contributed by atoms with Crippen LogP contribution in [0.4, 0.5) is 0 Å². The van der Waals surface area contributed by atoms with Crippen LogP contribution >= 0.6 is 0 Å². The number of ketones is 2. The van der Waals surface area contributed by atoms with Gasteiger partial charge < -0.3 is 19.8 Å². The molecule has 0 N–H and O–H groups in total. The molecule has 69 valence electrons. The SMILES string of the molecule is CC(=O)C(=O)[O-].CC(=O)C(=O)[O-].[B+2]. The van der Waals surface area contributed by atoms with E-state index < -0.39 is 23.5 Å². The zero-order valence-corrected chi connectivity index (χ0v) is 7.03. The van der Waals surface area contributed by atoms with E-state index in [0.717, 1.165) is 13.8 Å². The summed E-state index contributed by atoms with van der Waals surface area (Å²) in [6.07, 6.45) is 0. The van der Waals surface area contributed by atoms with Gasteiger partial charge in [-0.3, -0.25) is 9.59 Å². The van der Waals surface area contributed by atoms with E-state index in [2.05, 4.69) is 0 Å². The number of aliphatic carboxylic acids is 2. The van der Waals surface area contributed by atoms with Crippen LogP contribution < -0.4 is 10.2 Å². The summed E-state index contributed by atoms with van der Waals surface area (Å²) < 4.78 is 0. The van der Waals surface area contributed by atoms with Gasteiger partial charge in [-0.1, -0.05) is 0 Å². The quantitative estimate of drug-likeness (QED) is 0.322. The van der Waals surface area contributed by atoms with E-state index in [1.807, 2.05) is 0 Å². The third-order valence-corrected chi connectivity index (χ3v) is 0.575. The fourth-order valence-electron chi connectivity index (χ4n) is 0. The number of hydrogen-bond donors (Lipinski definition) is 0. The predicted molar refractivity (Wildman–Crippen MR) is 37.1 cm³/mol. The van der Waals surface area contributed by atoms with Crippen LogP contribution in [-0.4, -0.2) is 31.9 Å². The molecule has 0 spiro atoms. The predicted octanol–water partition coefficient (Wildman–Crippen LogP) is -3.73. The maximum absolute atomic E-state index is 9.48. The van der Waals surface area contributed by atoms with E-state index in [9.17, 15) is 29.4 Å². The zero-order chi connectivity index (χ0) is 10.3. The summed E-state index contributed by atoms with van der Waals surface area (Å²) in [7, 11) is 0. The molecule has 7 heteroatoms. The first-order valence-electron chi connectivity index (χ1n) is 2.72. The average Bonchev–Trinajstić information content (AvgIpc) is 1.88. The molecule has 0 saturated heterocycles. The Morgan fingerprint density at radius 2 is 0.846 bits per heavy atom. The molecule has 0 aliphatic carbocycles. The van der Waals surface area contributed by atoms with Crippen molar-refractivity contribution in [3.05, 3.63) is 0 Å². The van der Waals surface area contributed by atoms with E-state index in [4.69, 9.17) is 0 Å². The molecule has 0 saturated carbocycles. The van der Waals surface area contributed by atoms with Crippen molar-refractivity contribution in [2.24, 2.45) is 0 Å². The summed E-state index contributed by atoms with van der Waals surface area (Å²) in [5, 5.41) is 18.5. The second-order valence-corrected chi connectivity index (χ2v) is 1.69. The largest absolute Gasteiger partial charge is 2.00 e. The maximum Gasteiger partial charge on any atom is 2.00 e. The maximum atomic E-state index is 9.48. The molecule has 0 bridgehead atoms. The van der Waals surface area contributed by atoms with E-state index in [-0.39, 0.29) is 8.41 Å². The van der Waals surface area contributed by atoms with E-state index in [1.54, 1.807) is 0 Å². The van der Waals surface area contributed by atoms with Gasteiger partial charge in [0.1, 0.15) is 11.9 Å². The van der Waals surface area contributed by atoms with Crippen molar-refractivity contribution in [2.45, 2.75) is 13.8 Å². The van der Waals surface area contributed by atoms with Crippen LogP contribution in [0.15, 0.2) is 0 Å². The van der Waals surface area contributed by atoms with Crippen molar-refractivity contribution < 1.29 is 29.4 Å². The minimum Gasteiger partial charge on any atom is -0.542 e. The Balaban J connectivity index is -0.000000143. The van der Waals surface area contributed by atoms with Crippen molar-refractivity contribution in [3.8, 4) is 0 Å². The van der Waals surface area contributed by atoms with Crippen molar-refractivity contribution >= 4 is 31.9 Å². The molecular weight excluding hydrogens is 179 g/mol. The Labute approximate surface area is 76.1 Å². The summed E-state index contributed by atoms with van der Waals surface area (Å²) in [6.45, 7) is 1.88. The molecule has 0 rings (SSSR count). The number of carboxylic acids is 2. The molecule has 0 aromatic rings. The molecule has 6 nitrogen and oxygen atoms in total. The van der Waals surface area contributed by atoms with Crippen LogP contribution in [0.2, 0.25) is 0 Å². The topological polar surface area (TPSA) is 114 Å². The third-order valence-electron chi connectivity index (χ3n) is 0.575. The molecule has 1 radical (unpaired) electrons. The molecule has 0 aliphatic rings. The Hall–Kier alpha value is -1.66. The monoisotopic (exact) mass is 185 g/mol. The van der Waals surface area contributed by atoms with Crippen LogP contribution in [0, 0.1) is 0 Å². The van der Waals surface area contributed by atoms with Crippen molar-refractivity contribution in [2.75, 3.05) is 0 Å². The first kappa shape index (κ1) is 17.4. The molecule has 13 heavy (non-hydrogen) atoms.